The zero-order chi connectivity index (χ0) is 6.95. The molecule has 0 unspecified atom stereocenters. The Hall–Kier alpha value is -0.0600. The fraction of sp³-hybridized carbons (Fsp3) is 1.00. The first-order valence-electron chi connectivity index (χ1n) is 2.80. The van der Waals surface area contributed by atoms with E-state index in [1.807, 2.05) is 0 Å². The van der Waals surface area contributed by atoms with Crippen molar-refractivity contribution in [1.29, 1.82) is 0 Å². The second-order valence-corrected chi connectivity index (χ2v) is 1.74. The van der Waals surface area contributed by atoms with Gasteiger partial charge in [-0.3, -0.25) is 0 Å². The Bertz CT molecular complexity index is 58.0. The Morgan fingerprint density at radius 1 is 1.10 bits per heavy atom. The van der Waals surface area contributed by atoms with E-state index in [2.05, 4.69) is 10.6 Å². The van der Waals surface area contributed by atoms with Crippen LogP contribution in [0.5, 0.6) is 0 Å². The fourth-order valence-corrected chi connectivity index (χ4v) is 0.604. The van der Waals surface area contributed by atoms with Gasteiger partial charge in [-0.15, -0.1) is 0 Å². The molecular formula is C4H13N2O3P. The molecule has 62 valence electrons. The summed E-state index contributed by atoms with van der Waals surface area (Å²) in [6.45, 7) is 4.56. The minimum atomic E-state index is -0.833. The highest BCUT2D eigenvalue weighted by Gasteiger charge is 1.91. The van der Waals surface area contributed by atoms with E-state index in [4.69, 9.17) is 9.46 Å². The van der Waals surface area contributed by atoms with Gasteiger partial charge in [0.1, 0.15) is 0 Å². The Morgan fingerprint density at radius 3 is 1.40 bits per heavy atom. The van der Waals surface area contributed by atoms with E-state index in [0.29, 0.717) is 0 Å². The molecule has 5 N–H and O–H groups in total. The zero-order valence-electron chi connectivity index (χ0n) is 5.63. The van der Waals surface area contributed by atoms with Crippen molar-refractivity contribution in [2.24, 2.45) is 0 Å². The van der Waals surface area contributed by atoms with Crippen LogP contribution in [-0.2, 0) is 4.57 Å². The lowest BCUT2D eigenvalue weighted by molar-refractivity contribution is 0.524. The highest BCUT2D eigenvalue weighted by atomic mass is 31.1. The number of hydrogen-bond donors (Lipinski definition) is 3. The van der Waals surface area contributed by atoms with Crippen molar-refractivity contribution in [3.63, 3.8) is 0 Å². The van der Waals surface area contributed by atoms with Crippen LogP contribution in [0.1, 0.15) is 0 Å². The average Bonchev–Trinajstić information content (AvgIpc) is 1.93. The topological polar surface area (TPSA) is 92.9 Å². The second-order valence-electron chi connectivity index (χ2n) is 1.58. The molecule has 0 aromatic carbocycles. The number of piperazine rings is 1. The van der Waals surface area contributed by atoms with Crippen molar-refractivity contribution in [3.05, 3.63) is 0 Å². The molecule has 1 aliphatic heterocycles. The van der Waals surface area contributed by atoms with Crippen LogP contribution in [-0.4, -0.2) is 36.5 Å². The van der Waals surface area contributed by atoms with Gasteiger partial charge in [-0.2, -0.15) is 0 Å². The fourth-order valence-electron chi connectivity index (χ4n) is 0.604. The molecule has 10 heavy (non-hydrogen) atoms. The van der Waals surface area contributed by atoms with Crippen LogP contribution in [0, 0.1) is 0 Å². The van der Waals surface area contributed by atoms with E-state index < -0.39 is 8.69 Å². The molecular weight excluding hydrogens is 155 g/mol. The number of hydrogen-bond acceptors (Lipinski definition) is 3. The van der Waals surface area contributed by atoms with Crippen LogP contribution in [0.25, 0.3) is 0 Å². The van der Waals surface area contributed by atoms with Gasteiger partial charge in [0.05, 0.1) is 0 Å². The minimum absolute atomic E-state index is 0. The van der Waals surface area contributed by atoms with Gasteiger partial charge in [0.2, 0.25) is 0 Å². The molecule has 0 amide bonds. The predicted octanol–water partition coefficient (Wildman–Crippen LogP) is -1.46. The van der Waals surface area contributed by atoms with Crippen LogP contribution in [0.15, 0.2) is 0 Å². The van der Waals surface area contributed by atoms with Crippen molar-refractivity contribution in [2.45, 2.75) is 0 Å². The summed E-state index contributed by atoms with van der Waals surface area (Å²) in [5, 5.41) is 6.44. The van der Waals surface area contributed by atoms with Crippen LogP contribution in [0.3, 0.4) is 0 Å². The summed E-state index contributed by atoms with van der Waals surface area (Å²) in [7, 11) is -0.833. The molecule has 0 aliphatic carbocycles. The van der Waals surface area contributed by atoms with E-state index in [1.54, 1.807) is 0 Å². The van der Waals surface area contributed by atoms with Gasteiger partial charge in [0, 0.05) is 26.2 Å². The molecule has 0 aromatic rings. The zero-order valence-corrected chi connectivity index (χ0v) is 6.53. The largest absolute Gasteiger partial charge is 0.412 e. The molecule has 0 atom stereocenters. The first-order valence-corrected chi connectivity index (χ1v) is 3.56. The van der Waals surface area contributed by atoms with Crippen molar-refractivity contribution in [3.8, 4) is 0 Å². The summed E-state index contributed by atoms with van der Waals surface area (Å²) in [6, 6.07) is 0. The molecule has 0 radical (unpaired) electrons. The molecule has 0 spiro atoms. The third-order valence-electron chi connectivity index (χ3n) is 0.957. The lowest BCUT2D eigenvalue weighted by Gasteiger charge is -2.11. The van der Waals surface area contributed by atoms with Crippen LogP contribution < -0.4 is 10.6 Å². The molecule has 5 nitrogen and oxygen atoms in total. The maximum Gasteiger partial charge on any atom is 0.324 e. The van der Waals surface area contributed by atoms with Gasteiger partial charge in [0.25, 0.3) is 0 Å². The predicted molar refractivity (Wildman–Crippen MR) is 39.2 cm³/mol. The van der Waals surface area contributed by atoms with Crippen LogP contribution in [0.2, 0.25) is 0 Å². The summed E-state index contributed by atoms with van der Waals surface area (Å²) in [6.07, 6.45) is 0. The second kappa shape index (κ2) is 11.7. The maximum absolute atomic E-state index is 8.46. The molecule has 1 heterocycles. The van der Waals surface area contributed by atoms with E-state index in [1.165, 1.54) is 0 Å². The normalized spacial score (nSPS) is 16.5. The van der Waals surface area contributed by atoms with Gasteiger partial charge >= 0.3 is 8.69 Å². The Labute approximate surface area is 61.4 Å². The van der Waals surface area contributed by atoms with Crippen molar-refractivity contribution in [1.82, 2.24) is 10.6 Å². The molecule has 6 heteroatoms. The average molecular weight is 168 g/mol. The molecule has 1 aliphatic rings. The Morgan fingerprint density at radius 2 is 1.30 bits per heavy atom. The third kappa shape index (κ3) is 10.8. The summed E-state index contributed by atoms with van der Waals surface area (Å²) >= 11 is 0. The van der Waals surface area contributed by atoms with E-state index >= 15 is 0 Å². The van der Waals surface area contributed by atoms with Gasteiger partial charge in [-0.25, -0.2) is 4.57 Å². The van der Waals surface area contributed by atoms with Crippen LogP contribution >= 0.6 is 8.69 Å². The standard InChI is InChI=1S/C4H10N2.HO2P.H2O/c1-2-6-4-3-5-1;1-3-2;/h5-6H,1-4H2;(H,1,2);1H2. The third-order valence-corrected chi connectivity index (χ3v) is 0.957. The molecule has 0 aromatic heterocycles. The lowest BCUT2D eigenvalue weighted by atomic mass is 10.4. The summed E-state index contributed by atoms with van der Waals surface area (Å²) < 4.78 is 8.46. The van der Waals surface area contributed by atoms with E-state index in [-0.39, 0.29) is 5.48 Å². The van der Waals surface area contributed by atoms with Gasteiger partial charge in [-0.05, 0) is 0 Å². The Kier molecular flexibility index (Phi) is 14.7. The van der Waals surface area contributed by atoms with Gasteiger partial charge in [-0.1, -0.05) is 0 Å². The first kappa shape index (κ1) is 12.6. The van der Waals surface area contributed by atoms with Gasteiger partial charge < -0.3 is 21.0 Å². The van der Waals surface area contributed by atoms with Crippen molar-refractivity contribution < 1.29 is 14.9 Å². The highest BCUT2D eigenvalue weighted by Crippen LogP contribution is 1.66. The maximum atomic E-state index is 8.46. The van der Waals surface area contributed by atoms with Crippen molar-refractivity contribution >= 4 is 8.69 Å². The lowest BCUT2D eigenvalue weighted by Crippen LogP contribution is -2.39. The number of nitrogens with one attached hydrogen (secondary N) is 2. The van der Waals surface area contributed by atoms with Crippen molar-refractivity contribution in [2.75, 3.05) is 26.2 Å². The smallest absolute Gasteiger partial charge is 0.324 e. The first-order chi connectivity index (χ1) is 4.41. The van der Waals surface area contributed by atoms with Gasteiger partial charge in [0.15, 0.2) is 0 Å². The van der Waals surface area contributed by atoms with Crippen LogP contribution in [0.4, 0.5) is 0 Å². The Balaban J connectivity index is 0. The van der Waals surface area contributed by atoms with E-state index in [0.717, 1.165) is 26.2 Å². The van der Waals surface area contributed by atoms with E-state index in [9.17, 15) is 0 Å². The molecule has 0 saturated carbocycles. The monoisotopic (exact) mass is 168 g/mol. The summed E-state index contributed by atoms with van der Waals surface area (Å²) in [5.74, 6) is 0. The quantitative estimate of drug-likeness (QED) is 0.385. The summed E-state index contributed by atoms with van der Waals surface area (Å²) in [4.78, 5) is 6.99. The summed E-state index contributed by atoms with van der Waals surface area (Å²) in [5.41, 5.74) is 0. The SMILES string of the molecule is C1CNCCN1.O.O=PO. The minimum Gasteiger partial charge on any atom is -0.412 e. The highest BCUT2D eigenvalue weighted by molar-refractivity contribution is 7.16. The molecule has 1 rings (SSSR count). The molecule has 0 bridgehead atoms. The molecule has 1 fully saturated rings. The molecule has 1 saturated heterocycles. The number of rotatable bonds is 0.